The van der Waals surface area contributed by atoms with Gasteiger partial charge in [0, 0.05) is 10.6 Å². The Labute approximate surface area is 99.5 Å². The van der Waals surface area contributed by atoms with Gasteiger partial charge in [0.2, 0.25) is 0 Å². The predicted molar refractivity (Wildman–Crippen MR) is 66.2 cm³/mol. The van der Waals surface area contributed by atoms with Gasteiger partial charge in [0.15, 0.2) is 0 Å². The lowest BCUT2D eigenvalue weighted by Gasteiger charge is -2.08. The summed E-state index contributed by atoms with van der Waals surface area (Å²) in [5.74, 6) is 2.32. The number of hydrogen-bond acceptors (Lipinski definition) is 2. The maximum Gasteiger partial charge on any atom is 0.118 e. The average molecular weight is 238 g/mol. The minimum absolute atomic E-state index is 0.669. The molecule has 1 aliphatic carbocycles. The van der Waals surface area contributed by atoms with E-state index in [0.717, 1.165) is 16.4 Å². The zero-order chi connectivity index (χ0) is 11.4. The van der Waals surface area contributed by atoms with Crippen molar-refractivity contribution < 1.29 is 8.95 Å². The standard InChI is InChI=1S/C13H18O2S/c1-15-12-6-8-13(9-7-12)16(14)10-11-4-2-3-5-11/h6-9,11H,2-5,10H2,1H3/t16-/m1/s1. The second kappa shape index (κ2) is 5.48. The van der Waals surface area contributed by atoms with Gasteiger partial charge < -0.3 is 4.74 Å². The molecule has 0 saturated heterocycles. The van der Waals surface area contributed by atoms with Gasteiger partial charge in [0.05, 0.1) is 17.9 Å². The molecule has 0 spiro atoms. The van der Waals surface area contributed by atoms with Crippen molar-refractivity contribution in [2.45, 2.75) is 30.6 Å². The summed E-state index contributed by atoms with van der Waals surface area (Å²) >= 11 is 0. The maximum absolute atomic E-state index is 12.1. The van der Waals surface area contributed by atoms with E-state index in [0.29, 0.717) is 5.92 Å². The molecule has 0 N–H and O–H groups in total. The molecule has 0 unspecified atom stereocenters. The van der Waals surface area contributed by atoms with E-state index in [1.165, 1.54) is 25.7 Å². The molecular weight excluding hydrogens is 220 g/mol. The van der Waals surface area contributed by atoms with Gasteiger partial charge in [0.25, 0.3) is 0 Å². The van der Waals surface area contributed by atoms with Crippen LogP contribution in [-0.4, -0.2) is 17.1 Å². The third-order valence-electron chi connectivity index (χ3n) is 3.18. The highest BCUT2D eigenvalue weighted by Crippen LogP contribution is 2.27. The molecule has 0 heterocycles. The van der Waals surface area contributed by atoms with Crippen molar-refractivity contribution in [1.82, 2.24) is 0 Å². The smallest absolute Gasteiger partial charge is 0.118 e. The zero-order valence-electron chi connectivity index (χ0n) is 9.65. The van der Waals surface area contributed by atoms with Crippen LogP contribution in [-0.2, 0) is 10.8 Å². The molecule has 0 bridgehead atoms. The van der Waals surface area contributed by atoms with E-state index in [1.54, 1.807) is 7.11 Å². The summed E-state index contributed by atoms with van der Waals surface area (Å²) in [7, 11) is 0.804. The predicted octanol–water partition coefficient (Wildman–Crippen LogP) is 2.99. The number of rotatable bonds is 4. The summed E-state index contributed by atoms with van der Waals surface area (Å²) in [6.45, 7) is 0. The first kappa shape index (κ1) is 11.6. The highest BCUT2D eigenvalue weighted by Gasteiger charge is 2.18. The summed E-state index contributed by atoms with van der Waals surface area (Å²) in [5, 5.41) is 0. The van der Waals surface area contributed by atoms with Gasteiger partial charge in [-0.3, -0.25) is 4.21 Å². The van der Waals surface area contributed by atoms with E-state index in [9.17, 15) is 4.21 Å². The van der Waals surface area contributed by atoms with Gasteiger partial charge in [-0.25, -0.2) is 0 Å². The van der Waals surface area contributed by atoms with Gasteiger partial charge in [-0.05, 0) is 43.0 Å². The van der Waals surface area contributed by atoms with Crippen LogP contribution in [0.15, 0.2) is 29.2 Å². The average Bonchev–Trinajstić information content (AvgIpc) is 2.82. The first-order chi connectivity index (χ1) is 7.79. The fourth-order valence-corrected chi connectivity index (χ4v) is 3.61. The monoisotopic (exact) mass is 238 g/mol. The topological polar surface area (TPSA) is 26.3 Å². The van der Waals surface area contributed by atoms with Crippen molar-refractivity contribution in [3.05, 3.63) is 24.3 Å². The second-order valence-corrected chi connectivity index (χ2v) is 5.83. The number of benzene rings is 1. The van der Waals surface area contributed by atoms with E-state index < -0.39 is 10.8 Å². The Morgan fingerprint density at radius 2 is 1.88 bits per heavy atom. The fourth-order valence-electron chi connectivity index (χ4n) is 2.21. The quantitative estimate of drug-likeness (QED) is 0.806. The largest absolute Gasteiger partial charge is 0.497 e. The summed E-state index contributed by atoms with van der Waals surface area (Å²) in [4.78, 5) is 0.924. The molecule has 0 aliphatic heterocycles. The molecule has 0 aromatic heterocycles. The minimum atomic E-state index is -0.839. The van der Waals surface area contributed by atoms with E-state index in [4.69, 9.17) is 4.74 Å². The molecule has 1 fully saturated rings. The van der Waals surface area contributed by atoms with Crippen LogP contribution in [0.4, 0.5) is 0 Å². The van der Waals surface area contributed by atoms with Crippen molar-refractivity contribution in [1.29, 1.82) is 0 Å². The number of ether oxygens (including phenoxy) is 1. The molecule has 0 amide bonds. The molecule has 3 heteroatoms. The van der Waals surface area contributed by atoms with Gasteiger partial charge in [-0.2, -0.15) is 0 Å². The lowest BCUT2D eigenvalue weighted by molar-refractivity contribution is 0.414. The molecule has 1 aromatic rings. The van der Waals surface area contributed by atoms with Crippen LogP contribution >= 0.6 is 0 Å². The summed E-state index contributed by atoms with van der Waals surface area (Å²) in [6, 6.07) is 7.57. The van der Waals surface area contributed by atoms with Gasteiger partial charge in [-0.1, -0.05) is 12.8 Å². The SMILES string of the molecule is COc1ccc([S@](=O)CC2CCCC2)cc1. The lowest BCUT2D eigenvalue weighted by atomic mass is 10.1. The van der Waals surface area contributed by atoms with Crippen LogP contribution in [0.3, 0.4) is 0 Å². The van der Waals surface area contributed by atoms with Crippen molar-refractivity contribution in [3.63, 3.8) is 0 Å². The molecule has 2 rings (SSSR count). The third-order valence-corrected chi connectivity index (χ3v) is 4.76. The third kappa shape index (κ3) is 2.85. The summed E-state index contributed by atoms with van der Waals surface area (Å²) < 4.78 is 17.2. The van der Waals surface area contributed by atoms with Crippen molar-refractivity contribution >= 4 is 10.8 Å². The molecule has 1 aromatic carbocycles. The normalized spacial score (nSPS) is 18.6. The Kier molecular flexibility index (Phi) is 3.99. The molecular formula is C13H18O2S. The van der Waals surface area contributed by atoms with Crippen molar-refractivity contribution in [2.75, 3.05) is 12.9 Å². The fraction of sp³-hybridized carbons (Fsp3) is 0.538. The number of hydrogen-bond donors (Lipinski definition) is 0. The Hall–Kier alpha value is -0.830. The highest BCUT2D eigenvalue weighted by atomic mass is 32.2. The van der Waals surface area contributed by atoms with Gasteiger partial charge in [0.1, 0.15) is 5.75 Å². The van der Waals surface area contributed by atoms with E-state index in [2.05, 4.69) is 0 Å². The first-order valence-electron chi connectivity index (χ1n) is 5.82. The lowest BCUT2D eigenvalue weighted by Crippen LogP contribution is -2.07. The Bertz CT molecular complexity index is 353. The maximum atomic E-state index is 12.1. The Balaban J connectivity index is 1.97. The molecule has 16 heavy (non-hydrogen) atoms. The van der Waals surface area contributed by atoms with Crippen LogP contribution in [0.5, 0.6) is 5.75 Å². The second-order valence-electron chi connectivity index (χ2n) is 4.34. The van der Waals surface area contributed by atoms with Crippen LogP contribution in [0.25, 0.3) is 0 Å². The van der Waals surface area contributed by atoms with Gasteiger partial charge in [-0.15, -0.1) is 0 Å². The van der Waals surface area contributed by atoms with Crippen LogP contribution in [0.1, 0.15) is 25.7 Å². The highest BCUT2D eigenvalue weighted by molar-refractivity contribution is 7.85. The van der Waals surface area contributed by atoms with Crippen LogP contribution < -0.4 is 4.74 Å². The van der Waals surface area contributed by atoms with E-state index in [-0.39, 0.29) is 0 Å². The Morgan fingerprint density at radius 1 is 1.25 bits per heavy atom. The molecule has 1 saturated carbocycles. The number of methoxy groups -OCH3 is 1. The summed E-state index contributed by atoms with van der Waals surface area (Å²) in [5.41, 5.74) is 0. The van der Waals surface area contributed by atoms with E-state index in [1.807, 2.05) is 24.3 Å². The van der Waals surface area contributed by atoms with Crippen molar-refractivity contribution in [3.8, 4) is 5.75 Å². The zero-order valence-corrected chi connectivity index (χ0v) is 10.5. The Morgan fingerprint density at radius 3 is 2.44 bits per heavy atom. The molecule has 0 radical (unpaired) electrons. The van der Waals surface area contributed by atoms with Crippen LogP contribution in [0.2, 0.25) is 0 Å². The summed E-state index contributed by atoms with van der Waals surface area (Å²) in [6.07, 6.45) is 5.12. The molecule has 88 valence electrons. The molecule has 2 nitrogen and oxygen atoms in total. The first-order valence-corrected chi connectivity index (χ1v) is 7.14. The molecule has 1 atom stereocenters. The molecule has 1 aliphatic rings. The van der Waals surface area contributed by atoms with Crippen molar-refractivity contribution in [2.24, 2.45) is 5.92 Å². The van der Waals surface area contributed by atoms with E-state index >= 15 is 0 Å². The minimum Gasteiger partial charge on any atom is -0.497 e. The van der Waals surface area contributed by atoms with Gasteiger partial charge >= 0.3 is 0 Å². The van der Waals surface area contributed by atoms with Crippen LogP contribution in [0, 0.1) is 5.92 Å².